The van der Waals surface area contributed by atoms with Crippen LogP contribution in [0.4, 0.5) is 4.39 Å². The van der Waals surface area contributed by atoms with Crippen LogP contribution in [-0.4, -0.2) is 18.0 Å². The summed E-state index contributed by atoms with van der Waals surface area (Å²) in [5.74, 6) is 0.0162. The Morgan fingerprint density at radius 1 is 1.20 bits per heavy atom. The van der Waals surface area contributed by atoms with Gasteiger partial charge in [-0.2, -0.15) is 4.72 Å². The van der Waals surface area contributed by atoms with E-state index in [9.17, 15) is 12.8 Å². The molecule has 2 aromatic carbocycles. The Morgan fingerprint density at radius 3 is 2.60 bits per heavy atom. The number of halogens is 2. The molecule has 25 heavy (non-hydrogen) atoms. The largest absolute Gasteiger partial charge is 0.336 e. The first kappa shape index (κ1) is 17.8. The zero-order valence-electron chi connectivity index (χ0n) is 13.2. The lowest BCUT2D eigenvalue weighted by Gasteiger charge is -2.19. The molecule has 1 unspecified atom stereocenters. The first-order valence-electron chi connectivity index (χ1n) is 7.37. The Kier molecular flexibility index (Phi) is 5.03. The highest BCUT2D eigenvalue weighted by molar-refractivity contribution is 9.10. The standard InChI is InChI=1S/C17H15BrFN3O2S/c1-22-9-8-20-17(22)16(12-4-2-6-14(19)10-12)21-25(23,24)15-7-3-5-13(18)11-15/h2-11,16,21H,1H3. The number of nitrogens with zero attached hydrogens (tertiary/aromatic N) is 2. The predicted octanol–water partition coefficient (Wildman–Crippen LogP) is 3.39. The lowest BCUT2D eigenvalue weighted by atomic mass is 10.1. The van der Waals surface area contributed by atoms with Gasteiger partial charge < -0.3 is 4.57 Å². The molecular formula is C17H15BrFN3O2S. The number of hydrogen-bond donors (Lipinski definition) is 1. The Hall–Kier alpha value is -2.03. The van der Waals surface area contributed by atoms with Crippen molar-refractivity contribution in [3.63, 3.8) is 0 Å². The molecule has 130 valence electrons. The Morgan fingerprint density at radius 2 is 1.96 bits per heavy atom. The quantitative estimate of drug-likeness (QED) is 0.683. The number of sulfonamides is 1. The Balaban J connectivity index is 2.05. The van der Waals surface area contributed by atoms with Crippen LogP contribution in [0.3, 0.4) is 0 Å². The topological polar surface area (TPSA) is 64.0 Å². The van der Waals surface area contributed by atoms with Gasteiger partial charge in [-0.3, -0.25) is 0 Å². The number of aryl methyl sites for hydroxylation is 1. The van der Waals surface area contributed by atoms with Gasteiger partial charge >= 0.3 is 0 Å². The maximum atomic E-state index is 13.7. The predicted molar refractivity (Wildman–Crippen MR) is 95.9 cm³/mol. The third kappa shape index (κ3) is 3.97. The SMILES string of the molecule is Cn1ccnc1C(NS(=O)(=O)c1cccc(Br)c1)c1cccc(F)c1. The molecule has 0 bridgehead atoms. The second-order valence-electron chi connectivity index (χ2n) is 5.46. The molecule has 3 rings (SSSR count). The summed E-state index contributed by atoms with van der Waals surface area (Å²) in [6.07, 6.45) is 3.27. The summed E-state index contributed by atoms with van der Waals surface area (Å²) in [5, 5.41) is 0. The van der Waals surface area contributed by atoms with Crippen LogP contribution >= 0.6 is 15.9 Å². The fraction of sp³-hybridized carbons (Fsp3) is 0.118. The molecule has 0 fully saturated rings. The molecule has 0 aliphatic rings. The van der Waals surface area contributed by atoms with Gasteiger partial charge in [-0.25, -0.2) is 17.8 Å². The second kappa shape index (κ2) is 7.07. The van der Waals surface area contributed by atoms with Crippen LogP contribution in [0, 0.1) is 5.82 Å². The molecule has 0 saturated heterocycles. The highest BCUT2D eigenvalue weighted by Crippen LogP contribution is 2.25. The summed E-state index contributed by atoms with van der Waals surface area (Å²) in [5.41, 5.74) is 0.466. The van der Waals surface area contributed by atoms with Crippen molar-refractivity contribution in [3.8, 4) is 0 Å². The zero-order chi connectivity index (χ0) is 18.0. The van der Waals surface area contributed by atoms with Crippen molar-refractivity contribution in [3.05, 3.63) is 82.6 Å². The van der Waals surface area contributed by atoms with Crippen molar-refractivity contribution in [1.82, 2.24) is 14.3 Å². The first-order valence-corrected chi connectivity index (χ1v) is 9.65. The number of rotatable bonds is 5. The van der Waals surface area contributed by atoms with E-state index in [2.05, 4.69) is 25.6 Å². The number of hydrogen-bond acceptors (Lipinski definition) is 3. The summed E-state index contributed by atoms with van der Waals surface area (Å²) in [6, 6.07) is 11.3. The van der Waals surface area contributed by atoms with E-state index >= 15 is 0 Å². The van der Waals surface area contributed by atoms with Gasteiger partial charge in [0.2, 0.25) is 10.0 Å². The number of imidazole rings is 1. The van der Waals surface area contributed by atoms with Gasteiger partial charge in [-0.1, -0.05) is 34.1 Å². The van der Waals surface area contributed by atoms with E-state index in [0.29, 0.717) is 15.9 Å². The third-order valence-electron chi connectivity index (χ3n) is 3.68. The molecule has 0 radical (unpaired) electrons. The minimum atomic E-state index is -3.84. The van der Waals surface area contributed by atoms with E-state index in [0.717, 1.165) is 0 Å². The average molecular weight is 424 g/mol. The fourth-order valence-electron chi connectivity index (χ4n) is 2.47. The van der Waals surface area contributed by atoms with Crippen molar-refractivity contribution in [2.75, 3.05) is 0 Å². The maximum Gasteiger partial charge on any atom is 0.241 e. The molecule has 1 N–H and O–H groups in total. The van der Waals surface area contributed by atoms with Crippen molar-refractivity contribution in [2.24, 2.45) is 7.05 Å². The van der Waals surface area contributed by atoms with Crippen LogP contribution in [0.2, 0.25) is 0 Å². The van der Waals surface area contributed by atoms with Crippen LogP contribution in [0.5, 0.6) is 0 Å². The first-order chi connectivity index (χ1) is 11.9. The van der Waals surface area contributed by atoms with E-state index in [-0.39, 0.29) is 4.90 Å². The van der Waals surface area contributed by atoms with Crippen molar-refractivity contribution in [2.45, 2.75) is 10.9 Å². The zero-order valence-corrected chi connectivity index (χ0v) is 15.6. The molecule has 0 spiro atoms. The highest BCUT2D eigenvalue weighted by atomic mass is 79.9. The van der Waals surface area contributed by atoms with E-state index < -0.39 is 21.9 Å². The van der Waals surface area contributed by atoms with Crippen molar-refractivity contribution >= 4 is 26.0 Å². The maximum absolute atomic E-state index is 13.7. The van der Waals surface area contributed by atoms with Gasteiger partial charge in [0, 0.05) is 23.9 Å². The van der Waals surface area contributed by atoms with Crippen LogP contribution in [0.1, 0.15) is 17.4 Å². The van der Waals surface area contributed by atoms with E-state index in [1.54, 1.807) is 42.2 Å². The Labute approximate surface area is 153 Å². The normalized spacial score (nSPS) is 12.9. The van der Waals surface area contributed by atoms with E-state index in [4.69, 9.17) is 0 Å². The molecule has 0 saturated carbocycles. The highest BCUT2D eigenvalue weighted by Gasteiger charge is 2.26. The molecule has 5 nitrogen and oxygen atoms in total. The molecule has 1 heterocycles. The Bertz CT molecular complexity index is 1000. The summed E-state index contributed by atoms with van der Waals surface area (Å²) in [4.78, 5) is 4.33. The van der Waals surface area contributed by atoms with Crippen molar-refractivity contribution < 1.29 is 12.8 Å². The molecule has 1 atom stereocenters. The summed E-state index contributed by atoms with van der Waals surface area (Å²) >= 11 is 3.27. The molecule has 1 aromatic heterocycles. The smallest absolute Gasteiger partial charge is 0.241 e. The minimum Gasteiger partial charge on any atom is -0.336 e. The van der Waals surface area contributed by atoms with Crippen LogP contribution in [-0.2, 0) is 17.1 Å². The van der Waals surface area contributed by atoms with E-state index in [1.807, 2.05) is 0 Å². The summed E-state index contributed by atoms with van der Waals surface area (Å²) < 4.78 is 44.2. The fourth-order valence-corrected chi connectivity index (χ4v) is 4.25. The van der Waals surface area contributed by atoms with Gasteiger partial charge in [0.15, 0.2) is 0 Å². The van der Waals surface area contributed by atoms with Crippen LogP contribution < -0.4 is 4.72 Å². The summed E-state index contributed by atoms with van der Waals surface area (Å²) in [7, 11) is -2.09. The monoisotopic (exact) mass is 423 g/mol. The van der Waals surface area contributed by atoms with Gasteiger partial charge in [0.25, 0.3) is 0 Å². The van der Waals surface area contributed by atoms with Gasteiger partial charge in [-0.15, -0.1) is 0 Å². The average Bonchev–Trinajstić information content (AvgIpc) is 2.98. The molecule has 3 aromatic rings. The molecule has 0 amide bonds. The molecule has 8 heteroatoms. The van der Waals surface area contributed by atoms with Gasteiger partial charge in [0.05, 0.1) is 4.90 Å². The van der Waals surface area contributed by atoms with Crippen molar-refractivity contribution in [1.29, 1.82) is 0 Å². The second-order valence-corrected chi connectivity index (χ2v) is 8.09. The van der Waals surface area contributed by atoms with Gasteiger partial charge in [-0.05, 0) is 35.9 Å². The van der Waals surface area contributed by atoms with E-state index in [1.165, 1.54) is 30.3 Å². The van der Waals surface area contributed by atoms with Crippen LogP contribution in [0.25, 0.3) is 0 Å². The molecular weight excluding hydrogens is 409 g/mol. The molecule has 0 aliphatic heterocycles. The van der Waals surface area contributed by atoms with Gasteiger partial charge in [0.1, 0.15) is 17.7 Å². The molecule has 0 aliphatic carbocycles. The number of aromatic nitrogens is 2. The lowest BCUT2D eigenvalue weighted by Crippen LogP contribution is -2.31. The van der Waals surface area contributed by atoms with Crippen LogP contribution in [0.15, 0.2) is 70.3 Å². The number of nitrogens with one attached hydrogen (secondary N) is 1. The number of benzene rings is 2. The lowest BCUT2D eigenvalue weighted by molar-refractivity contribution is 0.560. The minimum absolute atomic E-state index is 0.109. The third-order valence-corrected chi connectivity index (χ3v) is 5.59. The summed E-state index contributed by atoms with van der Waals surface area (Å²) in [6.45, 7) is 0.